The van der Waals surface area contributed by atoms with E-state index < -0.39 is 0 Å². The van der Waals surface area contributed by atoms with Crippen molar-refractivity contribution in [2.75, 3.05) is 13.2 Å². The third-order valence-corrected chi connectivity index (χ3v) is 4.55. The SMILES string of the molecule is CCc1nc(CN(Cc2ccc(F)cc2)CC2CCCO2)c(C)[nH]1. The van der Waals surface area contributed by atoms with Crippen molar-refractivity contribution in [1.29, 1.82) is 0 Å². The molecule has 0 saturated carbocycles. The molecule has 1 aliphatic heterocycles. The second kappa shape index (κ2) is 7.90. The van der Waals surface area contributed by atoms with E-state index in [2.05, 4.69) is 23.7 Å². The lowest BCUT2D eigenvalue weighted by Gasteiger charge is -2.25. The number of rotatable bonds is 7. The molecule has 0 amide bonds. The molecule has 1 aromatic heterocycles. The highest BCUT2D eigenvalue weighted by atomic mass is 19.1. The molecular weight excluding hydrogens is 305 g/mol. The van der Waals surface area contributed by atoms with Crippen LogP contribution in [0.3, 0.4) is 0 Å². The summed E-state index contributed by atoms with van der Waals surface area (Å²) in [6.07, 6.45) is 3.44. The summed E-state index contributed by atoms with van der Waals surface area (Å²) in [6, 6.07) is 6.75. The van der Waals surface area contributed by atoms with Gasteiger partial charge in [0.15, 0.2) is 0 Å². The van der Waals surface area contributed by atoms with Crippen molar-refractivity contribution in [3.63, 3.8) is 0 Å². The van der Waals surface area contributed by atoms with Crippen LogP contribution in [0.15, 0.2) is 24.3 Å². The molecule has 2 aromatic rings. The highest BCUT2D eigenvalue weighted by Crippen LogP contribution is 2.18. The Morgan fingerprint density at radius 2 is 2.08 bits per heavy atom. The molecule has 1 aliphatic rings. The van der Waals surface area contributed by atoms with E-state index in [1.165, 1.54) is 12.1 Å². The third-order valence-electron chi connectivity index (χ3n) is 4.55. The van der Waals surface area contributed by atoms with Crippen molar-refractivity contribution < 1.29 is 9.13 Å². The molecule has 5 heteroatoms. The summed E-state index contributed by atoms with van der Waals surface area (Å²) in [7, 11) is 0. The predicted molar refractivity (Wildman–Crippen MR) is 92.2 cm³/mol. The van der Waals surface area contributed by atoms with Crippen LogP contribution in [0.4, 0.5) is 4.39 Å². The predicted octanol–water partition coefficient (Wildman–Crippen LogP) is 3.60. The van der Waals surface area contributed by atoms with E-state index >= 15 is 0 Å². The van der Waals surface area contributed by atoms with Crippen LogP contribution in [0, 0.1) is 12.7 Å². The van der Waals surface area contributed by atoms with Crippen molar-refractivity contribution in [1.82, 2.24) is 14.9 Å². The number of halogens is 1. The van der Waals surface area contributed by atoms with Gasteiger partial charge in [0.1, 0.15) is 11.6 Å². The number of benzene rings is 1. The van der Waals surface area contributed by atoms with Gasteiger partial charge in [-0.05, 0) is 37.5 Å². The summed E-state index contributed by atoms with van der Waals surface area (Å²) in [5.41, 5.74) is 3.33. The number of imidazole rings is 1. The topological polar surface area (TPSA) is 41.2 Å². The standard InChI is InChI=1S/C19H26FN3O/c1-3-19-21-14(2)18(22-19)13-23(12-17-5-4-10-24-17)11-15-6-8-16(20)9-7-15/h6-9,17H,3-5,10-13H2,1-2H3,(H,21,22). The molecule has 130 valence electrons. The second-order valence-electron chi connectivity index (χ2n) is 6.54. The molecule has 2 heterocycles. The van der Waals surface area contributed by atoms with E-state index in [4.69, 9.17) is 9.72 Å². The van der Waals surface area contributed by atoms with E-state index in [0.29, 0.717) is 0 Å². The van der Waals surface area contributed by atoms with Crippen LogP contribution in [-0.4, -0.2) is 34.1 Å². The molecule has 4 nitrogen and oxygen atoms in total. The molecule has 1 unspecified atom stereocenters. The number of hydrogen-bond donors (Lipinski definition) is 1. The Labute approximate surface area is 143 Å². The van der Waals surface area contributed by atoms with Gasteiger partial charge < -0.3 is 9.72 Å². The molecule has 1 atom stereocenters. The zero-order chi connectivity index (χ0) is 16.9. The summed E-state index contributed by atoms with van der Waals surface area (Å²) in [6.45, 7) is 7.46. The monoisotopic (exact) mass is 331 g/mol. The Hall–Kier alpha value is -1.72. The number of aryl methyl sites for hydroxylation is 2. The molecule has 1 aromatic carbocycles. The van der Waals surface area contributed by atoms with Crippen LogP contribution < -0.4 is 0 Å². The number of H-pyrrole nitrogens is 1. The fourth-order valence-electron chi connectivity index (χ4n) is 3.21. The number of ether oxygens (including phenoxy) is 1. The van der Waals surface area contributed by atoms with Gasteiger partial charge in [-0.15, -0.1) is 0 Å². The minimum Gasteiger partial charge on any atom is -0.377 e. The molecule has 1 fully saturated rings. The first-order valence-corrected chi connectivity index (χ1v) is 8.76. The lowest BCUT2D eigenvalue weighted by molar-refractivity contribution is 0.0674. The first-order chi connectivity index (χ1) is 11.6. The molecule has 24 heavy (non-hydrogen) atoms. The molecule has 3 rings (SSSR count). The summed E-state index contributed by atoms with van der Waals surface area (Å²) in [5.74, 6) is 0.835. The smallest absolute Gasteiger partial charge is 0.123 e. The fraction of sp³-hybridized carbons (Fsp3) is 0.526. The molecule has 1 N–H and O–H groups in total. The maximum absolute atomic E-state index is 13.1. The van der Waals surface area contributed by atoms with Gasteiger partial charge in [-0.3, -0.25) is 4.90 Å². The number of hydrogen-bond acceptors (Lipinski definition) is 3. The second-order valence-corrected chi connectivity index (χ2v) is 6.54. The number of nitrogens with one attached hydrogen (secondary N) is 1. The average molecular weight is 331 g/mol. The Balaban J connectivity index is 1.72. The van der Waals surface area contributed by atoms with Gasteiger partial charge in [-0.25, -0.2) is 9.37 Å². The third kappa shape index (κ3) is 4.42. The first-order valence-electron chi connectivity index (χ1n) is 8.76. The minimum atomic E-state index is -0.194. The molecule has 0 bridgehead atoms. The number of aromatic nitrogens is 2. The number of nitrogens with zero attached hydrogens (tertiary/aromatic N) is 2. The zero-order valence-electron chi connectivity index (χ0n) is 14.5. The normalized spacial score (nSPS) is 17.8. The van der Waals surface area contributed by atoms with Gasteiger partial charge >= 0.3 is 0 Å². The molecule has 0 aliphatic carbocycles. The van der Waals surface area contributed by atoms with Crippen molar-refractivity contribution in [2.45, 2.75) is 52.3 Å². The van der Waals surface area contributed by atoms with Gasteiger partial charge in [0, 0.05) is 38.4 Å². The van der Waals surface area contributed by atoms with Crippen molar-refractivity contribution in [3.05, 3.63) is 52.9 Å². The van der Waals surface area contributed by atoms with Gasteiger partial charge in [-0.2, -0.15) is 0 Å². The molecule has 0 spiro atoms. The number of aromatic amines is 1. The Bertz CT molecular complexity index is 647. The first kappa shape index (κ1) is 17.1. The maximum atomic E-state index is 13.1. The lowest BCUT2D eigenvalue weighted by Crippen LogP contribution is -2.31. The quantitative estimate of drug-likeness (QED) is 0.843. The van der Waals surface area contributed by atoms with E-state index in [1.54, 1.807) is 0 Å². The summed E-state index contributed by atoms with van der Waals surface area (Å²) < 4.78 is 19.0. The minimum absolute atomic E-state index is 0.194. The largest absolute Gasteiger partial charge is 0.377 e. The summed E-state index contributed by atoms with van der Waals surface area (Å²) in [5, 5.41) is 0. The van der Waals surface area contributed by atoms with Crippen LogP contribution in [-0.2, 0) is 24.2 Å². The average Bonchev–Trinajstić information content (AvgIpc) is 3.20. The van der Waals surface area contributed by atoms with Crippen molar-refractivity contribution in [3.8, 4) is 0 Å². The molecule has 1 saturated heterocycles. The Kier molecular flexibility index (Phi) is 5.63. The zero-order valence-corrected chi connectivity index (χ0v) is 14.5. The maximum Gasteiger partial charge on any atom is 0.123 e. The van der Waals surface area contributed by atoms with Crippen molar-refractivity contribution in [2.24, 2.45) is 0 Å². The van der Waals surface area contributed by atoms with Crippen LogP contribution in [0.25, 0.3) is 0 Å². The molecular formula is C19H26FN3O. The van der Waals surface area contributed by atoms with Gasteiger partial charge in [0.25, 0.3) is 0 Å². The van der Waals surface area contributed by atoms with Gasteiger partial charge in [0.05, 0.1) is 11.8 Å². The Morgan fingerprint density at radius 1 is 1.29 bits per heavy atom. The van der Waals surface area contributed by atoms with E-state index in [9.17, 15) is 4.39 Å². The van der Waals surface area contributed by atoms with Crippen molar-refractivity contribution >= 4 is 0 Å². The Morgan fingerprint density at radius 3 is 2.71 bits per heavy atom. The van der Waals surface area contributed by atoms with Gasteiger partial charge in [-0.1, -0.05) is 19.1 Å². The highest BCUT2D eigenvalue weighted by molar-refractivity contribution is 5.17. The van der Waals surface area contributed by atoms with Crippen LogP contribution in [0.2, 0.25) is 0 Å². The summed E-state index contributed by atoms with van der Waals surface area (Å²) in [4.78, 5) is 10.4. The van der Waals surface area contributed by atoms with E-state index in [-0.39, 0.29) is 11.9 Å². The van der Waals surface area contributed by atoms with Gasteiger partial charge in [0.2, 0.25) is 0 Å². The van der Waals surface area contributed by atoms with Crippen LogP contribution in [0.1, 0.15) is 42.5 Å². The fourth-order valence-corrected chi connectivity index (χ4v) is 3.21. The van der Waals surface area contributed by atoms with Crippen LogP contribution in [0.5, 0.6) is 0 Å². The van der Waals surface area contributed by atoms with E-state index in [1.807, 2.05) is 12.1 Å². The van der Waals surface area contributed by atoms with E-state index in [0.717, 1.165) is 68.3 Å². The van der Waals surface area contributed by atoms with Crippen LogP contribution >= 0.6 is 0 Å². The highest BCUT2D eigenvalue weighted by Gasteiger charge is 2.21. The lowest BCUT2D eigenvalue weighted by atomic mass is 10.1. The summed E-state index contributed by atoms with van der Waals surface area (Å²) >= 11 is 0. The molecule has 0 radical (unpaired) electrons.